The van der Waals surface area contributed by atoms with Gasteiger partial charge in [0.05, 0.1) is 6.61 Å². The predicted molar refractivity (Wildman–Crippen MR) is 83.3 cm³/mol. The van der Waals surface area contributed by atoms with Crippen LogP contribution in [0.25, 0.3) is 0 Å². The fourth-order valence-electron chi connectivity index (χ4n) is 3.33. The molecule has 0 radical (unpaired) electrons. The lowest BCUT2D eigenvalue weighted by Crippen LogP contribution is -2.33. The van der Waals surface area contributed by atoms with Gasteiger partial charge in [-0.3, -0.25) is 4.79 Å². The van der Waals surface area contributed by atoms with Gasteiger partial charge in [-0.05, 0) is 49.9 Å². The van der Waals surface area contributed by atoms with Crippen molar-refractivity contribution >= 4 is 17.5 Å². The molecule has 0 N–H and O–H groups in total. The lowest BCUT2D eigenvalue weighted by molar-refractivity contribution is -0.124. The maximum atomic E-state index is 12.8. The van der Waals surface area contributed by atoms with Crippen molar-refractivity contribution in [2.45, 2.75) is 49.0 Å². The molecular formula is C17H21FO2S. The molecule has 0 amide bonds. The molecule has 0 saturated carbocycles. The summed E-state index contributed by atoms with van der Waals surface area (Å²) in [7, 11) is 0. The van der Waals surface area contributed by atoms with Crippen molar-refractivity contribution < 1.29 is 13.9 Å². The standard InChI is InChI=1S/C17H21FO2S/c18-13-4-6-14(7-5-13)20-9-8-17(19)12-10-15-2-1-3-16(11-12)21-15/h4-7,12,15-16H,1-3,8-11H2. The molecule has 0 aliphatic carbocycles. The number of carbonyl (C=O) groups excluding carboxylic acids is 1. The highest BCUT2D eigenvalue weighted by atomic mass is 32.2. The Kier molecular flexibility index (Phi) is 4.84. The van der Waals surface area contributed by atoms with Crippen LogP contribution in [0.5, 0.6) is 5.75 Å². The van der Waals surface area contributed by atoms with Crippen molar-refractivity contribution in [1.29, 1.82) is 0 Å². The molecule has 2 aliphatic rings. The first-order chi connectivity index (χ1) is 10.2. The van der Waals surface area contributed by atoms with E-state index in [4.69, 9.17) is 4.74 Å². The van der Waals surface area contributed by atoms with Crippen LogP contribution in [-0.4, -0.2) is 22.9 Å². The maximum Gasteiger partial charge on any atom is 0.139 e. The van der Waals surface area contributed by atoms with E-state index in [1.54, 1.807) is 12.1 Å². The van der Waals surface area contributed by atoms with Crippen LogP contribution in [-0.2, 0) is 4.79 Å². The van der Waals surface area contributed by atoms with E-state index in [2.05, 4.69) is 11.8 Å². The predicted octanol–water partition coefficient (Wildman–Crippen LogP) is 4.23. The molecule has 0 aromatic heterocycles. The number of fused-ring (bicyclic) bond motifs is 2. The van der Waals surface area contributed by atoms with E-state index in [0.29, 0.717) is 35.1 Å². The van der Waals surface area contributed by atoms with Gasteiger partial charge in [-0.25, -0.2) is 4.39 Å². The van der Waals surface area contributed by atoms with Crippen LogP contribution in [0.4, 0.5) is 4.39 Å². The van der Waals surface area contributed by atoms with Crippen LogP contribution in [0.3, 0.4) is 0 Å². The average Bonchev–Trinajstić information content (AvgIpc) is 2.49. The summed E-state index contributed by atoms with van der Waals surface area (Å²) in [5.41, 5.74) is 0. The highest BCUT2D eigenvalue weighted by molar-refractivity contribution is 8.00. The first-order valence-electron chi connectivity index (χ1n) is 7.77. The second-order valence-corrected chi connectivity index (χ2v) is 7.60. The van der Waals surface area contributed by atoms with Gasteiger partial charge >= 0.3 is 0 Å². The minimum absolute atomic E-state index is 0.235. The normalized spacial score (nSPS) is 28.1. The van der Waals surface area contributed by atoms with Crippen LogP contribution >= 0.6 is 11.8 Å². The number of halogens is 1. The van der Waals surface area contributed by atoms with Crippen molar-refractivity contribution in [3.63, 3.8) is 0 Å². The largest absolute Gasteiger partial charge is 0.493 e. The molecule has 1 aromatic rings. The van der Waals surface area contributed by atoms with Crippen LogP contribution in [0.2, 0.25) is 0 Å². The summed E-state index contributed by atoms with van der Waals surface area (Å²) in [6.07, 6.45) is 6.45. The third kappa shape index (κ3) is 4.00. The molecular weight excluding hydrogens is 287 g/mol. The summed E-state index contributed by atoms with van der Waals surface area (Å²) >= 11 is 2.10. The Bertz CT molecular complexity index is 476. The van der Waals surface area contributed by atoms with Gasteiger partial charge in [-0.2, -0.15) is 11.8 Å². The zero-order valence-electron chi connectivity index (χ0n) is 12.1. The minimum Gasteiger partial charge on any atom is -0.493 e. The number of ketones is 1. The summed E-state index contributed by atoms with van der Waals surface area (Å²) in [5, 5.41) is 1.40. The molecule has 114 valence electrons. The lowest BCUT2D eigenvalue weighted by atomic mass is 9.86. The Balaban J connectivity index is 1.44. The van der Waals surface area contributed by atoms with Crippen molar-refractivity contribution in [1.82, 2.24) is 0 Å². The van der Waals surface area contributed by atoms with E-state index in [1.807, 2.05) is 0 Å². The minimum atomic E-state index is -0.273. The number of benzene rings is 1. The van der Waals surface area contributed by atoms with Gasteiger partial charge in [0.1, 0.15) is 17.3 Å². The molecule has 2 bridgehead atoms. The number of ether oxygens (including phenoxy) is 1. The SMILES string of the molecule is O=C(CCOc1ccc(F)cc1)C1CC2CCCC(C1)S2. The number of thioether (sulfide) groups is 1. The molecule has 2 heterocycles. The van der Waals surface area contributed by atoms with E-state index in [9.17, 15) is 9.18 Å². The molecule has 2 unspecified atom stereocenters. The molecule has 2 saturated heterocycles. The average molecular weight is 308 g/mol. The number of hydrogen-bond acceptors (Lipinski definition) is 3. The van der Waals surface area contributed by atoms with Gasteiger partial charge in [0.15, 0.2) is 0 Å². The second-order valence-electron chi connectivity index (χ2n) is 6.00. The molecule has 2 fully saturated rings. The highest BCUT2D eigenvalue weighted by Gasteiger charge is 2.35. The molecule has 0 spiro atoms. The molecule has 4 heteroatoms. The van der Waals surface area contributed by atoms with Gasteiger partial charge in [-0.1, -0.05) is 6.42 Å². The van der Waals surface area contributed by atoms with Crippen LogP contribution < -0.4 is 4.74 Å². The van der Waals surface area contributed by atoms with Gasteiger partial charge < -0.3 is 4.74 Å². The van der Waals surface area contributed by atoms with Crippen LogP contribution in [0.15, 0.2) is 24.3 Å². The van der Waals surface area contributed by atoms with E-state index in [1.165, 1.54) is 31.4 Å². The Morgan fingerprint density at radius 2 is 1.86 bits per heavy atom. The van der Waals surface area contributed by atoms with Crippen molar-refractivity contribution in [3.8, 4) is 5.75 Å². The number of hydrogen-bond donors (Lipinski definition) is 0. The smallest absolute Gasteiger partial charge is 0.139 e. The summed E-state index contributed by atoms with van der Waals surface area (Å²) in [5.74, 6) is 0.928. The Labute approximate surface area is 129 Å². The third-order valence-electron chi connectivity index (χ3n) is 4.42. The fourth-order valence-corrected chi connectivity index (χ4v) is 5.16. The fraction of sp³-hybridized carbons (Fsp3) is 0.588. The zero-order valence-corrected chi connectivity index (χ0v) is 12.9. The van der Waals surface area contributed by atoms with Gasteiger partial charge in [0.2, 0.25) is 0 Å². The monoisotopic (exact) mass is 308 g/mol. The molecule has 2 aliphatic heterocycles. The lowest BCUT2D eigenvalue weighted by Gasteiger charge is -2.37. The van der Waals surface area contributed by atoms with Crippen molar-refractivity contribution in [3.05, 3.63) is 30.1 Å². The molecule has 2 nitrogen and oxygen atoms in total. The maximum absolute atomic E-state index is 12.8. The van der Waals surface area contributed by atoms with Gasteiger partial charge in [-0.15, -0.1) is 0 Å². The second kappa shape index (κ2) is 6.82. The molecule has 2 atom stereocenters. The highest BCUT2D eigenvalue weighted by Crippen LogP contribution is 2.44. The van der Waals surface area contributed by atoms with Crippen molar-refractivity contribution in [2.75, 3.05) is 6.61 Å². The number of carbonyl (C=O) groups is 1. The zero-order chi connectivity index (χ0) is 14.7. The van der Waals surface area contributed by atoms with E-state index in [0.717, 1.165) is 12.8 Å². The molecule has 21 heavy (non-hydrogen) atoms. The third-order valence-corrected chi connectivity index (χ3v) is 6.04. The quantitative estimate of drug-likeness (QED) is 0.814. The van der Waals surface area contributed by atoms with E-state index >= 15 is 0 Å². The first kappa shape index (κ1) is 14.9. The topological polar surface area (TPSA) is 26.3 Å². The summed E-state index contributed by atoms with van der Waals surface area (Å²) in [6, 6.07) is 5.94. The van der Waals surface area contributed by atoms with E-state index < -0.39 is 0 Å². The number of Topliss-reactive ketones (excluding diaryl/α,β-unsaturated/α-hetero) is 1. The van der Waals surface area contributed by atoms with Gasteiger partial charge in [0, 0.05) is 22.8 Å². The Morgan fingerprint density at radius 1 is 1.19 bits per heavy atom. The van der Waals surface area contributed by atoms with E-state index in [-0.39, 0.29) is 11.7 Å². The van der Waals surface area contributed by atoms with Gasteiger partial charge in [0.25, 0.3) is 0 Å². The summed E-state index contributed by atoms with van der Waals surface area (Å²) in [6.45, 7) is 0.392. The summed E-state index contributed by atoms with van der Waals surface area (Å²) < 4.78 is 18.3. The number of rotatable bonds is 5. The first-order valence-corrected chi connectivity index (χ1v) is 8.71. The molecule has 1 aromatic carbocycles. The Hall–Kier alpha value is -1.03. The van der Waals surface area contributed by atoms with Crippen LogP contribution in [0, 0.1) is 11.7 Å². The van der Waals surface area contributed by atoms with Crippen LogP contribution in [0.1, 0.15) is 38.5 Å². The summed E-state index contributed by atoms with van der Waals surface area (Å²) in [4.78, 5) is 12.3. The Morgan fingerprint density at radius 3 is 2.52 bits per heavy atom. The molecule has 3 rings (SSSR count). The van der Waals surface area contributed by atoms with Crippen molar-refractivity contribution in [2.24, 2.45) is 5.92 Å².